The van der Waals surface area contributed by atoms with Crippen LogP contribution in [0.4, 0.5) is 18.9 Å². The molecule has 2 atom stereocenters. The van der Waals surface area contributed by atoms with E-state index in [0.29, 0.717) is 36.1 Å². The molecule has 1 aliphatic carbocycles. The Hall–Kier alpha value is -3.10. The van der Waals surface area contributed by atoms with E-state index in [0.717, 1.165) is 6.26 Å². The SMILES string of the molecule is CCC[C@H](N[C@@H](c1ccc(-c2cccc(NS(C)(=O)=O)c2)cc1)C(F)(F)F)C(=O)NC1(C#N)CC1. The molecule has 0 radical (unpaired) electrons. The number of carbonyl (C=O) groups is 1. The Morgan fingerprint density at radius 2 is 1.80 bits per heavy atom. The lowest BCUT2D eigenvalue weighted by atomic mass is 9.99. The molecule has 1 amide bonds. The van der Waals surface area contributed by atoms with Crippen molar-refractivity contribution in [1.82, 2.24) is 10.6 Å². The van der Waals surface area contributed by atoms with E-state index in [9.17, 15) is 31.6 Å². The lowest BCUT2D eigenvalue weighted by molar-refractivity contribution is -0.161. The van der Waals surface area contributed by atoms with E-state index in [4.69, 9.17) is 0 Å². The molecule has 0 saturated heterocycles. The minimum absolute atomic E-state index is 0.0676. The van der Waals surface area contributed by atoms with Crippen LogP contribution in [-0.2, 0) is 14.8 Å². The summed E-state index contributed by atoms with van der Waals surface area (Å²) in [4.78, 5) is 12.7. The number of hydrogen-bond donors (Lipinski definition) is 3. The fourth-order valence-corrected chi connectivity index (χ4v) is 4.27. The summed E-state index contributed by atoms with van der Waals surface area (Å²) in [6, 6.07) is 11.0. The molecule has 3 rings (SSSR count). The minimum atomic E-state index is -4.67. The van der Waals surface area contributed by atoms with E-state index >= 15 is 0 Å². The van der Waals surface area contributed by atoms with Crippen molar-refractivity contribution in [2.45, 2.75) is 56.4 Å². The number of anilines is 1. The highest BCUT2D eigenvalue weighted by Gasteiger charge is 2.47. The molecule has 0 bridgehead atoms. The van der Waals surface area contributed by atoms with Crippen LogP contribution >= 0.6 is 0 Å². The second-order valence-corrected chi connectivity index (χ2v) is 10.5. The van der Waals surface area contributed by atoms with Gasteiger partial charge < -0.3 is 5.32 Å². The summed E-state index contributed by atoms with van der Waals surface area (Å²) in [6.45, 7) is 1.77. The fourth-order valence-electron chi connectivity index (χ4n) is 3.72. The number of nitrogens with zero attached hydrogens (tertiary/aromatic N) is 1. The van der Waals surface area contributed by atoms with E-state index < -0.39 is 39.7 Å². The molecule has 0 unspecified atom stereocenters. The molecule has 3 N–H and O–H groups in total. The van der Waals surface area contributed by atoms with Gasteiger partial charge in [0.15, 0.2) is 0 Å². The van der Waals surface area contributed by atoms with Crippen LogP contribution in [0.5, 0.6) is 0 Å². The highest BCUT2D eigenvalue weighted by molar-refractivity contribution is 7.92. The van der Waals surface area contributed by atoms with E-state index in [1.807, 2.05) is 6.07 Å². The largest absolute Gasteiger partial charge is 0.407 e. The standard InChI is InChI=1S/C24H27F3N4O3S/c1-3-5-20(22(32)30-23(15-28)12-13-23)29-21(24(25,26)27)17-10-8-16(9-11-17)18-6-4-7-19(14-18)31-35(2,33)34/h4,6-11,14,20-21,29,31H,3,5,12-13H2,1-2H3,(H,30,32)/t20-,21-/m0/s1. The molecule has 1 fully saturated rings. The molecule has 188 valence electrons. The molecule has 7 nitrogen and oxygen atoms in total. The molecule has 0 aliphatic heterocycles. The van der Waals surface area contributed by atoms with Gasteiger partial charge in [-0.1, -0.05) is 49.7 Å². The van der Waals surface area contributed by atoms with Crippen molar-refractivity contribution in [2.75, 3.05) is 11.0 Å². The molecular weight excluding hydrogens is 481 g/mol. The van der Waals surface area contributed by atoms with Crippen LogP contribution in [0.3, 0.4) is 0 Å². The number of hydrogen-bond acceptors (Lipinski definition) is 5. The zero-order chi connectivity index (χ0) is 25.9. The first-order valence-corrected chi connectivity index (χ1v) is 13.0. The predicted molar refractivity (Wildman–Crippen MR) is 127 cm³/mol. The van der Waals surface area contributed by atoms with E-state index in [1.165, 1.54) is 24.3 Å². The monoisotopic (exact) mass is 508 g/mol. The number of halogens is 3. The lowest BCUT2D eigenvalue weighted by Gasteiger charge is -2.28. The van der Waals surface area contributed by atoms with Crippen molar-refractivity contribution >= 4 is 21.6 Å². The Balaban J connectivity index is 1.82. The first-order valence-electron chi connectivity index (χ1n) is 11.1. The summed E-state index contributed by atoms with van der Waals surface area (Å²) in [5.74, 6) is -0.619. The number of nitriles is 1. The van der Waals surface area contributed by atoms with Crippen molar-refractivity contribution in [2.24, 2.45) is 0 Å². The Morgan fingerprint density at radius 1 is 1.14 bits per heavy atom. The van der Waals surface area contributed by atoms with Crippen molar-refractivity contribution in [3.63, 3.8) is 0 Å². The van der Waals surface area contributed by atoms with Gasteiger partial charge in [-0.25, -0.2) is 8.42 Å². The average Bonchev–Trinajstić information content (AvgIpc) is 3.55. The van der Waals surface area contributed by atoms with Crippen LogP contribution in [0.25, 0.3) is 11.1 Å². The molecule has 0 heterocycles. The van der Waals surface area contributed by atoms with E-state index in [-0.39, 0.29) is 12.0 Å². The van der Waals surface area contributed by atoms with Crippen LogP contribution in [0.15, 0.2) is 48.5 Å². The van der Waals surface area contributed by atoms with Gasteiger partial charge in [0.1, 0.15) is 11.6 Å². The molecular formula is C24H27F3N4O3S. The number of nitrogens with one attached hydrogen (secondary N) is 3. The third kappa shape index (κ3) is 7.19. The Morgan fingerprint density at radius 3 is 2.31 bits per heavy atom. The van der Waals surface area contributed by atoms with Gasteiger partial charge in [-0.05, 0) is 48.1 Å². The Bertz CT molecular complexity index is 1200. The van der Waals surface area contributed by atoms with Gasteiger partial charge in [-0.15, -0.1) is 0 Å². The van der Waals surface area contributed by atoms with Crippen LogP contribution < -0.4 is 15.4 Å². The zero-order valence-electron chi connectivity index (χ0n) is 19.3. The number of rotatable bonds is 10. The zero-order valence-corrected chi connectivity index (χ0v) is 20.1. The van der Waals surface area contributed by atoms with Crippen LogP contribution in [0.2, 0.25) is 0 Å². The normalized spacial score (nSPS) is 16.6. The van der Waals surface area contributed by atoms with Gasteiger partial charge in [0, 0.05) is 5.69 Å². The topological polar surface area (TPSA) is 111 Å². The third-order valence-corrected chi connectivity index (χ3v) is 6.27. The third-order valence-electron chi connectivity index (χ3n) is 5.66. The summed E-state index contributed by atoms with van der Waals surface area (Å²) < 4.78 is 67.3. The summed E-state index contributed by atoms with van der Waals surface area (Å²) >= 11 is 0. The summed E-state index contributed by atoms with van der Waals surface area (Å²) in [7, 11) is -3.48. The average molecular weight is 509 g/mol. The van der Waals surface area contributed by atoms with Crippen molar-refractivity contribution in [3.05, 3.63) is 54.1 Å². The molecule has 11 heteroatoms. The number of carbonyl (C=O) groups excluding carboxylic acids is 1. The highest BCUT2D eigenvalue weighted by atomic mass is 32.2. The van der Waals surface area contributed by atoms with Gasteiger partial charge >= 0.3 is 6.18 Å². The molecule has 0 spiro atoms. The van der Waals surface area contributed by atoms with Crippen LogP contribution in [0, 0.1) is 11.3 Å². The van der Waals surface area contributed by atoms with E-state index in [1.54, 1.807) is 31.2 Å². The summed E-state index contributed by atoms with van der Waals surface area (Å²) in [6.07, 6.45) is -2.02. The van der Waals surface area contributed by atoms with Crippen molar-refractivity contribution in [1.29, 1.82) is 5.26 Å². The first-order chi connectivity index (χ1) is 16.4. The quantitative estimate of drug-likeness (QED) is 0.444. The molecule has 2 aromatic carbocycles. The van der Waals surface area contributed by atoms with Crippen LogP contribution in [-0.4, -0.2) is 38.3 Å². The molecule has 35 heavy (non-hydrogen) atoms. The van der Waals surface area contributed by atoms with Gasteiger partial charge in [-0.3, -0.25) is 14.8 Å². The highest BCUT2D eigenvalue weighted by Crippen LogP contribution is 2.36. The van der Waals surface area contributed by atoms with E-state index in [2.05, 4.69) is 15.4 Å². The number of benzene rings is 2. The maximum atomic E-state index is 14.0. The van der Waals surface area contributed by atoms with Gasteiger partial charge in [-0.2, -0.15) is 18.4 Å². The minimum Gasteiger partial charge on any atom is -0.336 e. The smallest absolute Gasteiger partial charge is 0.336 e. The summed E-state index contributed by atoms with van der Waals surface area (Å²) in [5, 5.41) is 14.2. The second-order valence-electron chi connectivity index (χ2n) is 8.74. The fraction of sp³-hybridized carbons (Fsp3) is 0.417. The lowest BCUT2D eigenvalue weighted by Crippen LogP contribution is -2.51. The maximum Gasteiger partial charge on any atom is 0.407 e. The number of alkyl halides is 3. The molecule has 0 aromatic heterocycles. The second kappa shape index (κ2) is 10.3. The molecule has 1 saturated carbocycles. The van der Waals surface area contributed by atoms with Crippen molar-refractivity contribution < 1.29 is 26.4 Å². The Kier molecular flexibility index (Phi) is 7.77. The first kappa shape index (κ1) is 26.5. The van der Waals surface area contributed by atoms with Crippen LogP contribution in [0.1, 0.15) is 44.2 Å². The van der Waals surface area contributed by atoms with Gasteiger partial charge in [0.05, 0.1) is 18.4 Å². The predicted octanol–water partition coefficient (Wildman–Crippen LogP) is 4.26. The van der Waals surface area contributed by atoms with Crippen molar-refractivity contribution in [3.8, 4) is 17.2 Å². The molecule has 2 aromatic rings. The number of sulfonamides is 1. The number of amides is 1. The summed E-state index contributed by atoms with van der Waals surface area (Å²) in [5.41, 5.74) is 0.515. The molecule has 1 aliphatic rings. The van der Waals surface area contributed by atoms with Gasteiger partial charge in [0.2, 0.25) is 15.9 Å². The van der Waals surface area contributed by atoms with Gasteiger partial charge in [0.25, 0.3) is 0 Å². The Labute approximate surface area is 202 Å². The maximum absolute atomic E-state index is 14.0.